The molecule has 1 atom stereocenters. The molecule has 1 aromatic rings. The van der Waals surface area contributed by atoms with Crippen molar-refractivity contribution in [1.82, 2.24) is 4.98 Å². The molecule has 1 heterocycles. The lowest BCUT2D eigenvalue weighted by Gasteiger charge is -2.14. The summed E-state index contributed by atoms with van der Waals surface area (Å²) in [7, 11) is 1.62. The zero-order chi connectivity index (χ0) is 11.8. The van der Waals surface area contributed by atoms with Crippen molar-refractivity contribution in [3.63, 3.8) is 0 Å². The number of anilines is 1. The first-order valence-corrected chi connectivity index (χ1v) is 6.14. The maximum atomic E-state index is 5.74. The molecule has 0 saturated carbocycles. The molecule has 1 unspecified atom stereocenters. The van der Waals surface area contributed by atoms with E-state index in [-0.39, 0.29) is 0 Å². The summed E-state index contributed by atoms with van der Waals surface area (Å²) in [6.45, 7) is 3.08. The van der Waals surface area contributed by atoms with Gasteiger partial charge in [0, 0.05) is 18.5 Å². The Kier molecular flexibility index (Phi) is 6.01. The first-order chi connectivity index (χ1) is 7.80. The Balaban J connectivity index is 2.46. The van der Waals surface area contributed by atoms with Crippen LogP contribution in [0, 0.1) is 5.92 Å². The van der Waals surface area contributed by atoms with Crippen molar-refractivity contribution >= 4 is 17.4 Å². The van der Waals surface area contributed by atoms with Crippen LogP contribution in [0.3, 0.4) is 0 Å². The van der Waals surface area contributed by atoms with Crippen molar-refractivity contribution in [2.24, 2.45) is 5.92 Å². The molecule has 4 heteroatoms. The summed E-state index contributed by atoms with van der Waals surface area (Å²) in [5, 5.41) is 3.31. The van der Waals surface area contributed by atoms with Crippen LogP contribution in [0.1, 0.15) is 19.8 Å². The van der Waals surface area contributed by atoms with Crippen molar-refractivity contribution in [1.29, 1.82) is 0 Å². The molecule has 0 aliphatic heterocycles. The molecule has 3 nitrogen and oxygen atoms in total. The Bertz CT molecular complexity index is 307. The third kappa shape index (κ3) is 4.27. The third-order valence-electron chi connectivity index (χ3n) is 2.60. The Hall–Kier alpha value is -0.960. The van der Waals surface area contributed by atoms with E-state index >= 15 is 0 Å². The number of hydrogen-bond donors (Lipinski definition) is 1. The van der Waals surface area contributed by atoms with E-state index in [9.17, 15) is 0 Å². The van der Waals surface area contributed by atoms with Gasteiger partial charge in [0.15, 0.2) is 0 Å². The van der Waals surface area contributed by atoms with Gasteiger partial charge in [-0.25, -0.2) is 0 Å². The van der Waals surface area contributed by atoms with E-state index in [1.54, 1.807) is 7.11 Å². The van der Waals surface area contributed by atoms with Crippen molar-refractivity contribution in [2.75, 3.05) is 24.9 Å². The van der Waals surface area contributed by atoms with Gasteiger partial charge >= 0.3 is 0 Å². The topological polar surface area (TPSA) is 34.1 Å². The minimum Gasteiger partial charge on any atom is -0.481 e. The summed E-state index contributed by atoms with van der Waals surface area (Å²) < 4.78 is 5.06. The Morgan fingerprint density at radius 3 is 2.94 bits per heavy atom. The van der Waals surface area contributed by atoms with Crippen LogP contribution in [-0.2, 0) is 0 Å². The summed E-state index contributed by atoms with van der Waals surface area (Å²) >= 11 is 5.74. The largest absolute Gasteiger partial charge is 0.481 e. The summed E-state index contributed by atoms with van der Waals surface area (Å²) in [5.41, 5.74) is 0. The van der Waals surface area contributed by atoms with Gasteiger partial charge in [0.1, 0.15) is 5.82 Å². The number of halogens is 1. The van der Waals surface area contributed by atoms with Crippen LogP contribution in [0.15, 0.2) is 18.2 Å². The first kappa shape index (κ1) is 13.1. The van der Waals surface area contributed by atoms with Gasteiger partial charge in [0.25, 0.3) is 0 Å². The second kappa shape index (κ2) is 7.34. The first-order valence-electron chi connectivity index (χ1n) is 5.61. The highest BCUT2D eigenvalue weighted by Gasteiger charge is 2.05. The molecule has 0 aromatic carbocycles. The number of nitrogens with one attached hydrogen (secondary N) is 1. The predicted octanol–water partition coefficient (Wildman–Crippen LogP) is 3.16. The summed E-state index contributed by atoms with van der Waals surface area (Å²) in [5.74, 6) is 2.81. The fourth-order valence-corrected chi connectivity index (χ4v) is 1.79. The molecular formula is C12H19ClN2O. The van der Waals surface area contributed by atoms with Crippen molar-refractivity contribution < 1.29 is 4.74 Å². The van der Waals surface area contributed by atoms with Crippen LogP contribution in [0.25, 0.3) is 0 Å². The molecule has 0 amide bonds. The number of rotatable bonds is 7. The molecule has 90 valence electrons. The van der Waals surface area contributed by atoms with Gasteiger partial charge in [-0.3, -0.25) is 0 Å². The molecule has 0 spiro atoms. The number of methoxy groups -OCH3 is 1. The Morgan fingerprint density at radius 2 is 2.31 bits per heavy atom. The zero-order valence-corrected chi connectivity index (χ0v) is 10.6. The average molecular weight is 243 g/mol. The molecule has 0 aliphatic carbocycles. The highest BCUT2D eigenvalue weighted by Crippen LogP contribution is 2.13. The highest BCUT2D eigenvalue weighted by molar-refractivity contribution is 6.17. The average Bonchev–Trinajstić information content (AvgIpc) is 2.34. The van der Waals surface area contributed by atoms with E-state index in [1.807, 2.05) is 18.2 Å². The maximum Gasteiger partial charge on any atom is 0.214 e. The summed E-state index contributed by atoms with van der Waals surface area (Å²) in [6.07, 6.45) is 2.17. The minimum absolute atomic E-state index is 0.602. The van der Waals surface area contributed by atoms with Crippen molar-refractivity contribution in [3.05, 3.63) is 18.2 Å². The minimum atomic E-state index is 0.602. The lowest BCUT2D eigenvalue weighted by atomic mass is 10.0. The smallest absolute Gasteiger partial charge is 0.214 e. The van der Waals surface area contributed by atoms with Gasteiger partial charge in [-0.1, -0.05) is 19.4 Å². The molecule has 16 heavy (non-hydrogen) atoms. The number of hydrogen-bond acceptors (Lipinski definition) is 3. The van der Waals surface area contributed by atoms with Crippen LogP contribution in [0.2, 0.25) is 0 Å². The van der Waals surface area contributed by atoms with E-state index in [0.717, 1.165) is 25.2 Å². The standard InChI is InChI=1S/C12H19ClN2O/c1-3-10(7-8-13)9-14-11-5-4-6-12(15-11)16-2/h4-6,10H,3,7-9H2,1-2H3,(H,14,15). The molecule has 0 aliphatic rings. The van der Waals surface area contributed by atoms with Crippen LogP contribution in [0.5, 0.6) is 5.88 Å². The second-order valence-corrected chi connectivity index (χ2v) is 4.08. The monoisotopic (exact) mass is 242 g/mol. The Morgan fingerprint density at radius 1 is 1.50 bits per heavy atom. The van der Waals surface area contributed by atoms with Gasteiger partial charge in [-0.15, -0.1) is 11.6 Å². The number of pyridine rings is 1. The van der Waals surface area contributed by atoms with Crippen LogP contribution >= 0.6 is 11.6 Å². The zero-order valence-electron chi connectivity index (χ0n) is 9.87. The van der Waals surface area contributed by atoms with Crippen molar-refractivity contribution in [2.45, 2.75) is 19.8 Å². The van der Waals surface area contributed by atoms with Crippen LogP contribution < -0.4 is 10.1 Å². The number of aromatic nitrogens is 1. The summed E-state index contributed by atoms with van der Waals surface area (Å²) in [6, 6.07) is 5.70. The quantitative estimate of drug-likeness (QED) is 0.746. The molecule has 1 aromatic heterocycles. The number of ether oxygens (including phenoxy) is 1. The predicted molar refractivity (Wildman–Crippen MR) is 68.4 cm³/mol. The summed E-state index contributed by atoms with van der Waals surface area (Å²) in [4.78, 5) is 4.29. The van der Waals surface area contributed by atoms with E-state index in [2.05, 4.69) is 17.2 Å². The molecule has 0 saturated heterocycles. The maximum absolute atomic E-state index is 5.74. The molecular weight excluding hydrogens is 224 g/mol. The number of alkyl halides is 1. The highest BCUT2D eigenvalue weighted by atomic mass is 35.5. The van der Waals surface area contributed by atoms with E-state index in [1.165, 1.54) is 0 Å². The normalized spacial score (nSPS) is 12.2. The van der Waals surface area contributed by atoms with Gasteiger partial charge in [-0.05, 0) is 18.4 Å². The van der Waals surface area contributed by atoms with Crippen LogP contribution in [-0.4, -0.2) is 24.5 Å². The van der Waals surface area contributed by atoms with Gasteiger partial charge in [0.05, 0.1) is 7.11 Å². The fraction of sp³-hybridized carbons (Fsp3) is 0.583. The van der Waals surface area contributed by atoms with E-state index in [4.69, 9.17) is 16.3 Å². The van der Waals surface area contributed by atoms with Crippen molar-refractivity contribution in [3.8, 4) is 5.88 Å². The lowest BCUT2D eigenvalue weighted by Crippen LogP contribution is -2.14. The van der Waals surface area contributed by atoms with E-state index in [0.29, 0.717) is 17.7 Å². The second-order valence-electron chi connectivity index (χ2n) is 3.70. The Labute approximate surface area is 102 Å². The lowest BCUT2D eigenvalue weighted by molar-refractivity contribution is 0.398. The SMILES string of the molecule is CCC(CCCl)CNc1cccc(OC)n1. The van der Waals surface area contributed by atoms with Gasteiger partial charge in [0.2, 0.25) is 5.88 Å². The molecule has 0 radical (unpaired) electrons. The molecule has 1 N–H and O–H groups in total. The molecule has 1 rings (SSSR count). The molecule has 0 fully saturated rings. The number of nitrogens with zero attached hydrogens (tertiary/aromatic N) is 1. The third-order valence-corrected chi connectivity index (χ3v) is 2.82. The van der Waals surface area contributed by atoms with Crippen LogP contribution in [0.4, 0.5) is 5.82 Å². The molecule has 0 bridgehead atoms. The van der Waals surface area contributed by atoms with Gasteiger partial charge in [-0.2, -0.15) is 4.98 Å². The van der Waals surface area contributed by atoms with E-state index < -0.39 is 0 Å². The fourth-order valence-electron chi connectivity index (χ4n) is 1.48. The van der Waals surface area contributed by atoms with Gasteiger partial charge < -0.3 is 10.1 Å².